The second-order valence-corrected chi connectivity index (χ2v) is 7.80. The fourth-order valence-corrected chi connectivity index (χ4v) is 4.28. The van der Waals surface area contributed by atoms with E-state index >= 15 is 0 Å². The predicted octanol–water partition coefficient (Wildman–Crippen LogP) is 4.16. The number of nitrogens with two attached hydrogens (primary N) is 1. The summed E-state index contributed by atoms with van der Waals surface area (Å²) in [6.07, 6.45) is 6.52. The first-order chi connectivity index (χ1) is 12.6. The van der Waals surface area contributed by atoms with Gasteiger partial charge >= 0.3 is 0 Å². The molecule has 1 unspecified atom stereocenters. The molecule has 1 amide bonds. The van der Waals surface area contributed by atoms with E-state index in [0.717, 1.165) is 30.5 Å². The van der Waals surface area contributed by atoms with Crippen LogP contribution in [-0.2, 0) is 10.2 Å². The third-order valence-corrected chi connectivity index (χ3v) is 5.96. The van der Waals surface area contributed by atoms with Crippen LogP contribution in [-0.4, -0.2) is 18.0 Å². The van der Waals surface area contributed by atoms with E-state index in [1.165, 1.54) is 19.3 Å². The largest absolute Gasteiger partial charge is 0.369 e. The number of amides is 1. The number of carbonyl (C=O) groups excluding carboxylic acids is 1. The molecular weight excluding hydrogens is 320 g/mol. The third kappa shape index (κ3) is 3.83. The van der Waals surface area contributed by atoms with Crippen molar-refractivity contribution in [3.8, 4) is 0 Å². The van der Waals surface area contributed by atoms with E-state index in [-0.39, 0.29) is 11.4 Å². The van der Waals surface area contributed by atoms with Crippen LogP contribution in [0.1, 0.15) is 56.6 Å². The summed E-state index contributed by atoms with van der Waals surface area (Å²) < 4.78 is 0. The minimum absolute atomic E-state index is 0.0563. The number of hydrogen-bond donors (Lipinski definition) is 2. The molecule has 3 N–H and O–H groups in total. The highest BCUT2D eigenvalue weighted by Gasteiger charge is 2.42. The summed E-state index contributed by atoms with van der Waals surface area (Å²) in [7, 11) is 0. The van der Waals surface area contributed by atoms with Crippen LogP contribution >= 0.6 is 0 Å². The molecule has 3 rings (SSSR count). The van der Waals surface area contributed by atoms with E-state index in [1.807, 2.05) is 60.7 Å². The number of benzene rings is 2. The van der Waals surface area contributed by atoms with E-state index < -0.39 is 5.41 Å². The van der Waals surface area contributed by atoms with Gasteiger partial charge in [-0.15, -0.1) is 0 Å². The molecule has 1 aliphatic heterocycles. The Morgan fingerprint density at radius 1 is 1.00 bits per heavy atom. The lowest BCUT2D eigenvalue weighted by Crippen LogP contribution is -2.47. The van der Waals surface area contributed by atoms with Crippen LogP contribution < -0.4 is 11.1 Å². The number of rotatable bonds is 6. The summed E-state index contributed by atoms with van der Waals surface area (Å²) >= 11 is 0. The summed E-state index contributed by atoms with van der Waals surface area (Å²) in [6.45, 7) is 3.34. The van der Waals surface area contributed by atoms with Crippen molar-refractivity contribution >= 4 is 5.91 Å². The lowest BCUT2D eigenvalue weighted by molar-refractivity contribution is -0.122. The highest BCUT2D eigenvalue weighted by molar-refractivity contribution is 5.90. The van der Waals surface area contributed by atoms with Gasteiger partial charge in [0, 0.05) is 5.54 Å². The highest BCUT2D eigenvalue weighted by Crippen LogP contribution is 2.39. The second kappa shape index (κ2) is 8.05. The molecule has 0 bridgehead atoms. The average molecular weight is 351 g/mol. The normalized spacial score (nSPS) is 21.1. The molecule has 1 atom stereocenters. The zero-order chi connectivity index (χ0) is 18.5. The summed E-state index contributed by atoms with van der Waals surface area (Å²) in [5.74, 6) is -0.271. The van der Waals surface area contributed by atoms with Crippen LogP contribution in [0.25, 0.3) is 0 Å². The zero-order valence-corrected chi connectivity index (χ0v) is 15.7. The van der Waals surface area contributed by atoms with Gasteiger partial charge in [0.05, 0.1) is 5.41 Å². The van der Waals surface area contributed by atoms with Crippen molar-refractivity contribution in [2.75, 3.05) is 6.54 Å². The predicted molar refractivity (Wildman–Crippen MR) is 107 cm³/mol. The van der Waals surface area contributed by atoms with Crippen LogP contribution in [0.4, 0.5) is 0 Å². The third-order valence-electron chi connectivity index (χ3n) is 5.96. The van der Waals surface area contributed by atoms with E-state index in [4.69, 9.17) is 5.73 Å². The van der Waals surface area contributed by atoms with Crippen LogP contribution in [0.2, 0.25) is 0 Å². The van der Waals surface area contributed by atoms with Gasteiger partial charge < -0.3 is 11.1 Å². The molecule has 0 aromatic heterocycles. The van der Waals surface area contributed by atoms with Crippen molar-refractivity contribution in [1.82, 2.24) is 5.32 Å². The lowest BCUT2D eigenvalue weighted by Gasteiger charge is -2.37. The van der Waals surface area contributed by atoms with E-state index in [2.05, 4.69) is 12.2 Å². The SMILES string of the molecule is CC1(CCC(C(N)=O)(c2ccccc2)c2ccccc2)CCCCCN1. The topological polar surface area (TPSA) is 55.1 Å². The van der Waals surface area contributed by atoms with Crippen molar-refractivity contribution in [1.29, 1.82) is 0 Å². The van der Waals surface area contributed by atoms with Crippen molar-refractivity contribution in [2.24, 2.45) is 5.73 Å². The molecule has 0 saturated carbocycles. The molecule has 2 aromatic rings. The smallest absolute Gasteiger partial charge is 0.232 e. The van der Waals surface area contributed by atoms with Gasteiger partial charge in [-0.05, 0) is 50.3 Å². The Bertz CT molecular complexity index is 664. The zero-order valence-electron chi connectivity index (χ0n) is 15.7. The Kier molecular flexibility index (Phi) is 5.77. The maximum atomic E-state index is 12.9. The van der Waals surface area contributed by atoms with Gasteiger partial charge in [0.15, 0.2) is 0 Å². The molecule has 0 spiro atoms. The molecule has 3 heteroatoms. The van der Waals surface area contributed by atoms with Crippen molar-refractivity contribution in [3.05, 3.63) is 71.8 Å². The molecule has 1 fully saturated rings. The number of primary amides is 1. The van der Waals surface area contributed by atoms with Gasteiger partial charge in [-0.1, -0.05) is 73.5 Å². The molecule has 26 heavy (non-hydrogen) atoms. The first kappa shape index (κ1) is 18.7. The molecule has 0 radical (unpaired) electrons. The molecule has 1 saturated heterocycles. The van der Waals surface area contributed by atoms with E-state index in [1.54, 1.807) is 0 Å². The van der Waals surface area contributed by atoms with Gasteiger partial charge in [-0.25, -0.2) is 0 Å². The lowest BCUT2D eigenvalue weighted by atomic mass is 9.68. The van der Waals surface area contributed by atoms with Crippen LogP contribution in [0.5, 0.6) is 0 Å². The van der Waals surface area contributed by atoms with Gasteiger partial charge in [-0.2, -0.15) is 0 Å². The molecule has 3 nitrogen and oxygen atoms in total. The summed E-state index contributed by atoms with van der Waals surface area (Å²) in [6, 6.07) is 20.0. The average Bonchev–Trinajstić information content (AvgIpc) is 2.89. The minimum Gasteiger partial charge on any atom is -0.369 e. The molecule has 138 valence electrons. The molecule has 0 aliphatic carbocycles. The molecular formula is C23H30N2O. The summed E-state index contributed by atoms with van der Waals surface area (Å²) in [4.78, 5) is 12.9. The van der Waals surface area contributed by atoms with Gasteiger partial charge in [0.1, 0.15) is 0 Å². The Balaban J connectivity index is 1.99. The molecule has 2 aromatic carbocycles. The summed E-state index contributed by atoms with van der Waals surface area (Å²) in [5, 5.41) is 3.72. The molecule has 1 aliphatic rings. The Morgan fingerprint density at radius 3 is 2.12 bits per heavy atom. The fraction of sp³-hybridized carbons (Fsp3) is 0.435. The first-order valence-corrected chi connectivity index (χ1v) is 9.73. The maximum Gasteiger partial charge on any atom is 0.232 e. The van der Waals surface area contributed by atoms with Crippen molar-refractivity contribution in [2.45, 2.75) is 56.4 Å². The molecule has 1 heterocycles. The van der Waals surface area contributed by atoms with Gasteiger partial charge in [0.2, 0.25) is 5.91 Å². The second-order valence-electron chi connectivity index (χ2n) is 7.80. The number of nitrogens with one attached hydrogen (secondary N) is 1. The van der Waals surface area contributed by atoms with Crippen LogP contribution in [0.15, 0.2) is 60.7 Å². The van der Waals surface area contributed by atoms with E-state index in [0.29, 0.717) is 6.42 Å². The monoisotopic (exact) mass is 350 g/mol. The van der Waals surface area contributed by atoms with Gasteiger partial charge in [-0.3, -0.25) is 4.79 Å². The Morgan fingerprint density at radius 2 is 1.58 bits per heavy atom. The number of carbonyl (C=O) groups is 1. The summed E-state index contributed by atoms with van der Waals surface area (Å²) in [5.41, 5.74) is 7.29. The quantitative estimate of drug-likeness (QED) is 0.822. The standard InChI is InChI=1S/C23H30N2O/c1-22(15-9-4-10-18-25-22)16-17-23(21(24)26,19-11-5-2-6-12-19)20-13-7-3-8-14-20/h2-3,5-8,11-14,25H,4,9-10,15-18H2,1H3,(H2,24,26). The van der Waals surface area contributed by atoms with Crippen molar-refractivity contribution < 1.29 is 4.79 Å². The van der Waals surface area contributed by atoms with E-state index in [9.17, 15) is 4.79 Å². The fourth-order valence-electron chi connectivity index (χ4n) is 4.28. The van der Waals surface area contributed by atoms with Gasteiger partial charge in [0.25, 0.3) is 0 Å². The first-order valence-electron chi connectivity index (χ1n) is 9.73. The van der Waals surface area contributed by atoms with Crippen LogP contribution in [0.3, 0.4) is 0 Å². The van der Waals surface area contributed by atoms with Crippen molar-refractivity contribution in [3.63, 3.8) is 0 Å². The minimum atomic E-state index is -0.792. The van der Waals surface area contributed by atoms with Crippen LogP contribution in [0, 0.1) is 0 Å². The Labute approximate surface area is 157 Å². The highest BCUT2D eigenvalue weighted by atomic mass is 16.1. The Hall–Kier alpha value is -2.13. The maximum absolute atomic E-state index is 12.9. The number of hydrogen-bond acceptors (Lipinski definition) is 2.